The van der Waals surface area contributed by atoms with Crippen LogP contribution in [-0.2, 0) is 25.7 Å². The molecule has 0 saturated carbocycles. The van der Waals surface area contributed by atoms with Crippen LogP contribution in [0.3, 0.4) is 0 Å². The maximum atomic E-state index is 12.7. The van der Waals surface area contributed by atoms with Crippen LogP contribution in [0.2, 0.25) is 0 Å². The zero-order valence-electron chi connectivity index (χ0n) is 15.0. The number of ether oxygens (including phenoxy) is 2. The Balaban J connectivity index is 2.05. The number of alkyl carbamates (subject to hydrolysis) is 1. The lowest BCUT2D eigenvalue weighted by Gasteiger charge is -2.20. The predicted molar refractivity (Wildman–Crippen MR) is 98.6 cm³/mol. The highest BCUT2D eigenvalue weighted by Gasteiger charge is 2.34. The van der Waals surface area contributed by atoms with Gasteiger partial charge in [0, 0.05) is 0 Å². The van der Waals surface area contributed by atoms with Crippen LogP contribution in [0.1, 0.15) is 24.1 Å². The van der Waals surface area contributed by atoms with Crippen LogP contribution in [0, 0.1) is 0 Å². The van der Waals surface area contributed by atoms with Gasteiger partial charge in [-0.2, -0.15) is 0 Å². The molecular formula is C20H22N2O5. The van der Waals surface area contributed by atoms with E-state index in [2.05, 4.69) is 5.32 Å². The molecular weight excluding hydrogens is 348 g/mol. The maximum absolute atomic E-state index is 12.7. The molecule has 0 aromatic heterocycles. The summed E-state index contributed by atoms with van der Waals surface area (Å²) in [6, 6.07) is 14.9. The minimum Gasteiger partial charge on any atom is -0.464 e. The molecule has 0 saturated heterocycles. The first-order valence-electron chi connectivity index (χ1n) is 8.51. The summed E-state index contributed by atoms with van der Waals surface area (Å²) in [6.45, 7) is 1.66. The summed E-state index contributed by atoms with van der Waals surface area (Å²) in [5.74, 6) is -1.57. The van der Waals surface area contributed by atoms with Crippen molar-refractivity contribution in [2.75, 3.05) is 6.61 Å². The van der Waals surface area contributed by atoms with Gasteiger partial charge in [-0.05, 0) is 18.1 Å². The molecule has 0 fully saturated rings. The minimum atomic E-state index is -1.55. The van der Waals surface area contributed by atoms with E-state index >= 15 is 0 Å². The number of carbonyl (C=O) groups excluding carboxylic acids is 3. The Bertz CT molecular complexity index is 764. The van der Waals surface area contributed by atoms with Gasteiger partial charge in [-0.3, -0.25) is 4.79 Å². The number of ketones is 1. The molecule has 2 atom stereocenters. The average Bonchev–Trinajstić information content (AvgIpc) is 2.71. The number of nitrogens with one attached hydrogen (secondary N) is 1. The van der Waals surface area contributed by atoms with Crippen LogP contribution in [0.4, 0.5) is 4.79 Å². The number of hydrogen-bond donors (Lipinski definition) is 2. The van der Waals surface area contributed by atoms with Crippen molar-refractivity contribution in [3.05, 3.63) is 71.8 Å². The zero-order valence-corrected chi connectivity index (χ0v) is 15.0. The lowest BCUT2D eigenvalue weighted by Crippen LogP contribution is -2.50. The van der Waals surface area contributed by atoms with Crippen LogP contribution in [0.5, 0.6) is 0 Å². The Morgan fingerprint density at radius 2 is 1.56 bits per heavy atom. The van der Waals surface area contributed by atoms with E-state index in [1.807, 2.05) is 6.07 Å². The van der Waals surface area contributed by atoms with Crippen molar-refractivity contribution in [3.8, 4) is 0 Å². The highest BCUT2D eigenvalue weighted by Crippen LogP contribution is 2.13. The predicted octanol–water partition coefficient (Wildman–Crippen LogP) is 2.11. The summed E-state index contributed by atoms with van der Waals surface area (Å²) in [5, 5.41) is 2.26. The van der Waals surface area contributed by atoms with E-state index in [9.17, 15) is 14.4 Å². The van der Waals surface area contributed by atoms with Gasteiger partial charge >= 0.3 is 12.1 Å². The normalized spacial score (nSPS) is 12.5. The quantitative estimate of drug-likeness (QED) is 0.544. The number of rotatable bonds is 8. The summed E-state index contributed by atoms with van der Waals surface area (Å²) in [6.07, 6.45) is -0.912. The summed E-state index contributed by atoms with van der Waals surface area (Å²) in [5.41, 5.74) is 7.26. The van der Waals surface area contributed by atoms with Gasteiger partial charge in [-0.1, -0.05) is 60.7 Å². The van der Waals surface area contributed by atoms with Gasteiger partial charge in [0.2, 0.25) is 0 Å². The fraction of sp³-hybridized carbons (Fsp3) is 0.250. The second-order valence-corrected chi connectivity index (χ2v) is 5.68. The SMILES string of the molecule is CCOC(=O)C(NC(=O)OCc1ccccc1)C(=O)C(N)c1ccccc1. The Hall–Kier alpha value is -3.19. The Morgan fingerprint density at radius 1 is 0.963 bits per heavy atom. The van der Waals surface area contributed by atoms with E-state index in [1.54, 1.807) is 61.5 Å². The molecule has 0 aliphatic rings. The molecule has 2 aromatic carbocycles. The number of nitrogens with two attached hydrogens (primary N) is 1. The molecule has 3 N–H and O–H groups in total. The van der Waals surface area contributed by atoms with E-state index < -0.39 is 29.9 Å². The van der Waals surface area contributed by atoms with E-state index in [4.69, 9.17) is 15.2 Å². The van der Waals surface area contributed by atoms with Crippen molar-refractivity contribution in [1.82, 2.24) is 5.32 Å². The first kappa shape index (κ1) is 20.1. The summed E-state index contributed by atoms with van der Waals surface area (Å²) in [4.78, 5) is 36.9. The number of carbonyl (C=O) groups is 3. The molecule has 27 heavy (non-hydrogen) atoms. The Labute approximate surface area is 157 Å². The first-order valence-corrected chi connectivity index (χ1v) is 8.51. The number of benzene rings is 2. The van der Waals surface area contributed by atoms with E-state index in [0.717, 1.165) is 5.56 Å². The molecule has 0 heterocycles. The first-order chi connectivity index (χ1) is 13.0. The molecule has 2 rings (SSSR count). The third-order valence-electron chi connectivity index (χ3n) is 3.75. The lowest BCUT2D eigenvalue weighted by molar-refractivity contribution is -0.148. The highest BCUT2D eigenvalue weighted by atomic mass is 16.6. The van der Waals surface area contributed by atoms with Crippen molar-refractivity contribution in [1.29, 1.82) is 0 Å². The number of Topliss-reactive ketones (excluding diaryl/α,β-unsaturated/α-hetero) is 1. The molecule has 1 amide bonds. The average molecular weight is 370 g/mol. The van der Waals surface area contributed by atoms with Crippen molar-refractivity contribution in [2.24, 2.45) is 5.73 Å². The molecule has 0 aliphatic heterocycles. The van der Waals surface area contributed by atoms with Crippen LogP contribution in [0.15, 0.2) is 60.7 Å². The summed E-state index contributed by atoms with van der Waals surface area (Å²) >= 11 is 0. The van der Waals surface area contributed by atoms with Gasteiger partial charge < -0.3 is 20.5 Å². The van der Waals surface area contributed by atoms with Crippen LogP contribution >= 0.6 is 0 Å². The molecule has 2 aromatic rings. The standard InChI is InChI=1S/C20H22N2O5/c1-2-26-19(24)17(18(23)16(21)15-11-7-4-8-12-15)22-20(25)27-13-14-9-5-3-6-10-14/h3-12,16-17H,2,13,21H2,1H3,(H,22,25). The molecule has 0 aliphatic carbocycles. The number of esters is 1. The maximum Gasteiger partial charge on any atom is 0.408 e. The molecule has 0 radical (unpaired) electrons. The molecule has 0 spiro atoms. The molecule has 7 heteroatoms. The lowest BCUT2D eigenvalue weighted by atomic mass is 9.98. The van der Waals surface area contributed by atoms with Crippen LogP contribution in [0.25, 0.3) is 0 Å². The smallest absolute Gasteiger partial charge is 0.408 e. The molecule has 0 bridgehead atoms. The van der Waals surface area contributed by atoms with E-state index in [1.165, 1.54) is 0 Å². The Morgan fingerprint density at radius 3 is 2.15 bits per heavy atom. The Kier molecular flexibility index (Phi) is 7.51. The van der Waals surface area contributed by atoms with Crippen molar-refractivity contribution in [2.45, 2.75) is 25.6 Å². The van der Waals surface area contributed by atoms with Gasteiger partial charge in [0.1, 0.15) is 6.61 Å². The molecule has 7 nitrogen and oxygen atoms in total. The van der Waals surface area contributed by atoms with Crippen LogP contribution < -0.4 is 11.1 Å². The van der Waals surface area contributed by atoms with Gasteiger partial charge in [0.05, 0.1) is 12.6 Å². The largest absolute Gasteiger partial charge is 0.464 e. The number of hydrogen-bond acceptors (Lipinski definition) is 6. The topological polar surface area (TPSA) is 108 Å². The number of amides is 1. The van der Waals surface area contributed by atoms with Gasteiger partial charge in [0.25, 0.3) is 0 Å². The summed E-state index contributed by atoms with van der Waals surface area (Å²) < 4.78 is 9.96. The third kappa shape index (κ3) is 5.93. The van der Waals surface area contributed by atoms with E-state index in [0.29, 0.717) is 5.56 Å². The highest BCUT2D eigenvalue weighted by molar-refractivity contribution is 6.07. The fourth-order valence-corrected chi connectivity index (χ4v) is 2.36. The fourth-order valence-electron chi connectivity index (χ4n) is 2.36. The molecule has 2 unspecified atom stereocenters. The van der Waals surface area contributed by atoms with E-state index in [-0.39, 0.29) is 13.2 Å². The van der Waals surface area contributed by atoms with Crippen molar-refractivity contribution < 1.29 is 23.9 Å². The van der Waals surface area contributed by atoms with Gasteiger partial charge in [-0.25, -0.2) is 9.59 Å². The second kappa shape index (κ2) is 10.1. The zero-order chi connectivity index (χ0) is 19.6. The third-order valence-corrected chi connectivity index (χ3v) is 3.75. The second-order valence-electron chi connectivity index (χ2n) is 5.68. The monoisotopic (exact) mass is 370 g/mol. The van der Waals surface area contributed by atoms with Crippen molar-refractivity contribution >= 4 is 17.8 Å². The van der Waals surface area contributed by atoms with Crippen LogP contribution in [-0.4, -0.2) is 30.5 Å². The van der Waals surface area contributed by atoms with Crippen molar-refractivity contribution in [3.63, 3.8) is 0 Å². The summed E-state index contributed by atoms with van der Waals surface area (Å²) in [7, 11) is 0. The molecule has 142 valence electrons. The minimum absolute atomic E-state index is 0.00114. The van der Waals surface area contributed by atoms with Gasteiger partial charge in [0.15, 0.2) is 11.8 Å². The van der Waals surface area contributed by atoms with Gasteiger partial charge in [-0.15, -0.1) is 0 Å².